The number of hydrogen-bond donors (Lipinski definition) is 2. The molecule has 1 aromatic heterocycles. The van der Waals surface area contributed by atoms with E-state index in [2.05, 4.69) is 5.32 Å². The molecule has 0 saturated carbocycles. The predicted octanol–water partition coefficient (Wildman–Crippen LogP) is 2.31. The van der Waals surface area contributed by atoms with Gasteiger partial charge in [-0.3, -0.25) is 9.59 Å². The molecule has 0 aliphatic carbocycles. The third-order valence-electron chi connectivity index (χ3n) is 2.19. The quantitative estimate of drug-likeness (QED) is 0.822. The first-order valence-electron chi connectivity index (χ1n) is 5.31. The fourth-order valence-corrected chi connectivity index (χ4v) is 1.62. The number of furan rings is 1. The van der Waals surface area contributed by atoms with Gasteiger partial charge in [-0.05, 0) is 30.2 Å². The van der Waals surface area contributed by atoms with E-state index in [9.17, 15) is 9.59 Å². The molecule has 0 radical (unpaired) electrons. The van der Waals surface area contributed by atoms with Crippen LogP contribution >= 0.6 is 11.6 Å². The molecule has 0 saturated heterocycles. The second kappa shape index (κ2) is 6.30. The van der Waals surface area contributed by atoms with Crippen LogP contribution in [0.3, 0.4) is 0 Å². The zero-order chi connectivity index (χ0) is 12.8. The Kier molecular flexibility index (Phi) is 5.03. The normalized spacial score (nSPS) is 12.1. The minimum Gasteiger partial charge on any atom is -0.481 e. The topological polar surface area (TPSA) is 79.5 Å². The van der Waals surface area contributed by atoms with Gasteiger partial charge in [0, 0.05) is 6.04 Å². The van der Waals surface area contributed by atoms with E-state index in [1.807, 2.05) is 6.92 Å². The zero-order valence-electron chi connectivity index (χ0n) is 9.40. The van der Waals surface area contributed by atoms with Crippen molar-refractivity contribution >= 4 is 23.5 Å². The van der Waals surface area contributed by atoms with Crippen molar-refractivity contribution in [2.24, 2.45) is 0 Å². The summed E-state index contributed by atoms with van der Waals surface area (Å²) in [6, 6.07) is 2.51. The Morgan fingerprint density at radius 2 is 2.24 bits per heavy atom. The zero-order valence-corrected chi connectivity index (χ0v) is 10.2. The molecule has 0 spiro atoms. The first-order valence-corrected chi connectivity index (χ1v) is 5.68. The van der Waals surface area contributed by atoms with Gasteiger partial charge < -0.3 is 14.8 Å². The SMILES string of the molecule is CCCC(CC(=O)O)NC(=O)c1ccc(Cl)o1. The molecule has 0 fully saturated rings. The van der Waals surface area contributed by atoms with E-state index in [1.165, 1.54) is 12.1 Å². The van der Waals surface area contributed by atoms with Gasteiger partial charge in [-0.25, -0.2) is 0 Å². The van der Waals surface area contributed by atoms with E-state index >= 15 is 0 Å². The van der Waals surface area contributed by atoms with Gasteiger partial charge in [-0.1, -0.05) is 13.3 Å². The Morgan fingerprint density at radius 1 is 1.53 bits per heavy atom. The van der Waals surface area contributed by atoms with Gasteiger partial charge in [0.25, 0.3) is 5.91 Å². The third-order valence-corrected chi connectivity index (χ3v) is 2.39. The van der Waals surface area contributed by atoms with E-state index in [4.69, 9.17) is 21.1 Å². The largest absolute Gasteiger partial charge is 0.481 e. The van der Waals surface area contributed by atoms with E-state index in [0.29, 0.717) is 6.42 Å². The summed E-state index contributed by atoms with van der Waals surface area (Å²) >= 11 is 5.55. The average Bonchev–Trinajstić information content (AvgIpc) is 2.64. The molecular weight excluding hydrogens is 246 g/mol. The molecule has 0 bridgehead atoms. The Morgan fingerprint density at radius 3 is 2.71 bits per heavy atom. The first kappa shape index (κ1) is 13.6. The van der Waals surface area contributed by atoms with E-state index in [1.54, 1.807) is 0 Å². The molecule has 6 heteroatoms. The van der Waals surface area contributed by atoms with Crippen molar-refractivity contribution in [3.63, 3.8) is 0 Å². The number of carboxylic acid groups (broad SMARTS) is 1. The Hall–Kier alpha value is -1.49. The van der Waals surface area contributed by atoms with Crippen molar-refractivity contribution in [2.45, 2.75) is 32.2 Å². The molecule has 1 amide bonds. The number of aliphatic carboxylic acids is 1. The minimum atomic E-state index is -0.943. The number of hydrogen-bond acceptors (Lipinski definition) is 3. The maximum absolute atomic E-state index is 11.7. The highest BCUT2D eigenvalue weighted by Gasteiger charge is 2.18. The van der Waals surface area contributed by atoms with Gasteiger partial charge in [0.15, 0.2) is 11.0 Å². The summed E-state index contributed by atoms with van der Waals surface area (Å²) in [5.74, 6) is -1.31. The molecule has 94 valence electrons. The second-order valence-electron chi connectivity index (χ2n) is 3.66. The van der Waals surface area contributed by atoms with Crippen molar-refractivity contribution in [1.29, 1.82) is 0 Å². The Bertz CT molecular complexity index is 402. The highest BCUT2D eigenvalue weighted by Crippen LogP contribution is 2.13. The number of carbonyl (C=O) groups is 2. The van der Waals surface area contributed by atoms with Gasteiger partial charge in [-0.2, -0.15) is 0 Å². The summed E-state index contributed by atoms with van der Waals surface area (Å²) in [5.41, 5.74) is 0. The van der Waals surface area contributed by atoms with Crippen molar-refractivity contribution < 1.29 is 19.1 Å². The summed E-state index contributed by atoms with van der Waals surface area (Å²) in [4.78, 5) is 22.3. The highest BCUT2D eigenvalue weighted by atomic mass is 35.5. The predicted molar refractivity (Wildman–Crippen MR) is 62.1 cm³/mol. The van der Waals surface area contributed by atoms with Crippen LogP contribution in [-0.4, -0.2) is 23.0 Å². The van der Waals surface area contributed by atoms with Gasteiger partial charge >= 0.3 is 5.97 Å². The number of amides is 1. The van der Waals surface area contributed by atoms with Crippen LogP contribution in [0.4, 0.5) is 0 Å². The van der Waals surface area contributed by atoms with Crippen molar-refractivity contribution in [3.05, 3.63) is 23.1 Å². The molecule has 1 atom stereocenters. The van der Waals surface area contributed by atoms with Crippen molar-refractivity contribution in [3.8, 4) is 0 Å². The Balaban J connectivity index is 2.60. The lowest BCUT2D eigenvalue weighted by Gasteiger charge is -2.14. The maximum Gasteiger partial charge on any atom is 0.305 e. The average molecular weight is 260 g/mol. The van der Waals surface area contributed by atoms with E-state index in [-0.39, 0.29) is 17.4 Å². The summed E-state index contributed by atoms with van der Waals surface area (Å²) in [6.07, 6.45) is 1.29. The van der Waals surface area contributed by atoms with E-state index in [0.717, 1.165) is 6.42 Å². The minimum absolute atomic E-state index is 0.0847. The number of halogens is 1. The lowest BCUT2D eigenvalue weighted by molar-refractivity contribution is -0.137. The summed E-state index contributed by atoms with van der Waals surface area (Å²) < 4.78 is 4.94. The van der Waals surface area contributed by atoms with Gasteiger partial charge in [0.05, 0.1) is 6.42 Å². The smallest absolute Gasteiger partial charge is 0.305 e. The fourth-order valence-electron chi connectivity index (χ4n) is 1.48. The number of carboxylic acids is 1. The summed E-state index contributed by atoms with van der Waals surface area (Å²) in [5, 5.41) is 11.4. The van der Waals surface area contributed by atoms with E-state index < -0.39 is 17.9 Å². The van der Waals surface area contributed by atoms with Crippen LogP contribution in [0.5, 0.6) is 0 Å². The first-order chi connectivity index (χ1) is 8.02. The number of nitrogens with one attached hydrogen (secondary N) is 1. The molecule has 0 aromatic carbocycles. The lowest BCUT2D eigenvalue weighted by Crippen LogP contribution is -2.36. The van der Waals surface area contributed by atoms with Crippen LogP contribution in [-0.2, 0) is 4.79 Å². The van der Waals surface area contributed by atoms with Crippen LogP contribution in [0, 0.1) is 0 Å². The van der Waals surface area contributed by atoms with Crippen LogP contribution < -0.4 is 5.32 Å². The molecule has 0 aliphatic heterocycles. The number of rotatable bonds is 6. The van der Waals surface area contributed by atoms with Gasteiger partial charge in [-0.15, -0.1) is 0 Å². The number of carbonyl (C=O) groups excluding carboxylic acids is 1. The summed E-state index contributed by atoms with van der Waals surface area (Å²) in [7, 11) is 0. The molecule has 0 aliphatic rings. The van der Waals surface area contributed by atoms with Crippen molar-refractivity contribution in [2.75, 3.05) is 0 Å². The molecule has 1 aromatic rings. The third kappa shape index (κ3) is 4.48. The molecule has 2 N–H and O–H groups in total. The molecule has 1 rings (SSSR count). The second-order valence-corrected chi connectivity index (χ2v) is 4.03. The van der Waals surface area contributed by atoms with Crippen LogP contribution in [0.15, 0.2) is 16.5 Å². The van der Waals surface area contributed by atoms with Gasteiger partial charge in [0.2, 0.25) is 0 Å². The standard InChI is InChI=1S/C11H14ClNO4/c1-2-3-7(6-10(14)15)13-11(16)8-4-5-9(12)17-8/h4-5,7H,2-3,6H2,1H3,(H,13,16)(H,14,15). The maximum atomic E-state index is 11.7. The van der Waals surface area contributed by atoms with Crippen LogP contribution in [0.25, 0.3) is 0 Å². The monoisotopic (exact) mass is 259 g/mol. The van der Waals surface area contributed by atoms with Gasteiger partial charge in [0.1, 0.15) is 0 Å². The fraction of sp³-hybridized carbons (Fsp3) is 0.455. The summed E-state index contributed by atoms with van der Waals surface area (Å²) in [6.45, 7) is 1.92. The molecule has 5 nitrogen and oxygen atoms in total. The molecule has 1 unspecified atom stereocenters. The molecule has 1 heterocycles. The Labute approximate surface area is 104 Å². The highest BCUT2D eigenvalue weighted by molar-refractivity contribution is 6.29. The van der Waals surface area contributed by atoms with Crippen LogP contribution in [0.2, 0.25) is 5.22 Å². The lowest BCUT2D eigenvalue weighted by atomic mass is 10.1. The van der Waals surface area contributed by atoms with Crippen LogP contribution in [0.1, 0.15) is 36.7 Å². The molecular formula is C11H14ClNO4. The van der Waals surface area contributed by atoms with Crippen molar-refractivity contribution in [1.82, 2.24) is 5.32 Å². The molecule has 17 heavy (non-hydrogen) atoms.